The summed E-state index contributed by atoms with van der Waals surface area (Å²) in [5.74, 6) is -0.394. The second kappa shape index (κ2) is 9.41. The van der Waals surface area contributed by atoms with Gasteiger partial charge in [-0.2, -0.15) is 0 Å². The first-order valence-corrected chi connectivity index (χ1v) is 10.8. The maximum atomic E-state index is 12.6. The number of nitrogens with one attached hydrogen (secondary N) is 1. The van der Waals surface area contributed by atoms with Crippen molar-refractivity contribution in [2.45, 2.75) is 27.2 Å². The number of likely N-dealkylation sites (N-methyl/N-ethyl adjacent to an activating group) is 1. The van der Waals surface area contributed by atoms with Crippen LogP contribution in [-0.4, -0.2) is 35.3 Å². The van der Waals surface area contributed by atoms with Gasteiger partial charge in [0.25, 0.3) is 0 Å². The van der Waals surface area contributed by atoms with E-state index in [-0.39, 0.29) is 24.8 Å². The second-order valence-electron chi connectivity index (χ2n) is 7.37. The van der Waals surface area contributed by atoms with E-state index in [1.807, 2.05) is 62.5 Å². The average Bonchev–Trinajstić information content (AvgIpc) is 3.13. The van der Waals surface area contributed by atoms with Crippen molar-refractivity contribution in [2.24, 2.45) is 0 Å². The Morgan fingerprint density at radius 2 is 1.80 bits per heavy atom. The Balaban J connectivity index is 1.60. The fraction of sp³-hybridized carbons (Fsp3) is 0.261. The summed E-state index contributed by atoms with van der Waals surface area (Å²) >= 11 is 7.67. The van der Waals surface area contributed by atoms with Gasteiger partial charge in [-0.25, -0.2) is 4.98 Å². The quantitative estimate of drug-likeness (QED) is 0.583. The molecule has 7 heteroatoms. The number of aryl methyl sites for hydroxylation is 3. The van der Waals surface area contributed by atoms with Gasteiger partial charge >= 0.3 is 0 Å². The molecule has 0 saturated carbocycles. The van der Waals surface area contributed by atoms with Crippen LogP contribution in [0.3, 0.4) is 0 Å². The molecule has 3 rings (SSSR count). The summed E-state index contributed by atoms with van der Waals surface area (Å²) in [6.07, 6.45) is 0.132. The first-order chi connectivity index (χ1) is 14.2. The molecule has 0 aliphatic rings. The normalized spacial score (nSPS) is 10.7. The Hall–Kier alpha value is -2.70. The van der Waals surface area contributed by atoms with E-state index >= 15 is 0 Å². The molecule has 1 aromatic heterocycles. The van der Waals surface area contributed by atoms with Crippen LogP contribution in [0.2, 0.25) is 5.02 Å². The van der Waals surface area contributed by atoms with Gasteiger partial charge in [0.15, 0.2) is 0 Å². The van der Waals surface area contributed by atoms with E-state index in [2.05, 4.69) is 10.3 Å². The Morgan fingerprint density at radius 1 is 1.13 bits per heavy atom. The molecular formula is C23H24ClN3O2S. The first-order valence-electron chi connectivity index (χ1n) is 9.55. The summed E-state index contributed by atoms with van der Waals surface area (Å²) in [5, 5.41) is 6.17. The number of rotatable bonds is 6. The Bertz CT molecular complexity index is 1070. The second-order valence-corrected chi connectivity index (χ2v) is 8.64. The molecule has 1 N–H and O–H groups in total. The maximum absolute atomic E-state index is 12.6. The van der Waals surface area contributed by atoms with Gasteiger partial charge < -0.3 is 10.2 Å². The fourth-order valence-corrected chi connectivity index (χ4v) is 4.44. The third kappa shape index (κ3) is 5.26. The van der Waals surface area contributed by atoms with Crippen LogP contribution in [0.5, 0.6) is 0 Å². The van der Waals surface area contributed by atoms with Crippen LogP contribution >= 0.6 is 22.9 Å². The number of anilines is 1. The van der Waals surface area contributed by atoms with E-state index < -0.39 is 0 Å². The van der Waals surface area contributed by atoms with Gasteiger partial charge in [0.05, 0.1) is 23.7 Å². The summed E-state index contributed by atoms with van der Waals surface area (Å²) in [6, 6.07) is 11.5. The number of hydrogen-bond acceptors (Lipinski definition) is 4. The Kier molecular flexibility index (Phi) is 6.90. The third-order valence-corrected chi connectivity index (χ3v) is 5.99. The standard InChI is InChI=1S/C23H24ClN3O2S/c1-14-9-15(2)22(16(3)10-14)26-20(28)12-27(4)21(29)11-17-13-30-23(25-17)18-7-5-6-8-19(18)24/h5-10,13H,11-12H2,1-4H3,(H,26,28). The van der Waals surface area contributed by atoms with Crippen molar-refractivity contribution in [3.63, 3.8) is 0 Å². The largest absolute Gasteiger partial charge is 0.336 e. The molecule has 2 amide bonds. The Labute approximate surface area is 185 Å². The molecule has 0 bridgehead atoms. The van der Waals surface area contributed by atoms with E-state index in [1.165, 1.54) is 16.2 Å². The monoisotopic (exact) mass is 441 g/mol. The molecule has 156 valence electrons. The van der Waals surface area contributed by atoms with Crippen molar-refractivity contribution >= 4 is 40.4 Å². The lowest BCUT2D eigenvalue weighted by molar-refractivity contribution is -0.132. The average molecular weight is 442 g/mol. The van der Waals surface area contributed by atoms with E-state index in [9.17, 15) is 9.59 Å². The zero-order chi connectivity index (χ0) is 21.8. The predicted octanol–water partition coefficient (Wildman–Crippen LogP) is 5.03. The maximum Gasteiger partial charge on any atom is 0.243 e. The molecular weight excluding hydrogens is 418 g/mol. The van der Waals surface area contributed by atoms with Crippen LogP contribution < -0.4 is 5.32 Å². The van der Waals surface area contributed by atoms with Crippen molar-refractivity contribution < 1.29 is 9.59 Å². The fourth-order valence-electron chi connectivity index (χ4n) is 3.30. The molecule has 0 atom stereocenters. The van der Waals surface area contributed by atoms with Gasteiger partial charge in [0.2, 0.25) is 11.8 Å². The lowest BCUT2D eigenvalue weighted by Crippen LogP contribution is -2.36. The van der Waals surface area contributed by atoms with Crippen molar-refractivity contribution in [1.29, 1.82) is 0 Å². The highest BCUT2D eigenvalue weighted by molar-refractivity contribution is 7.13. The number of hydrogen-bond donors (Lipinski definition) is 1. The summed E-state index contributed by atoms with van der Waals surface area (Å²) in [4.78, 5) is 31.0. The molecule has 0 unspecified atom stereocenters. The molecule has 1 heterocycles. The minimum atomic E-state index is -0.226. The lowest BCUT2D eigenvalue weighted by atomic mass is 10.1. The van der Waals surface area contributed by atoms with Crippen molar-refractivity contribution in [3.05, 3.63) is 69.2 Å². The Morgan fingerprint density at radius 3 is 2.47 bits per heavy atom. The molecule has 0 spiro atoms. The topological polar surface area (TPSA) is 62.3 Å². The lowest BCUT2D eigenvalue weighted by Gasteiger charge is -2.18. The van der Waals surface area contributed by atoms with Crippen LogP contribution in [0.25, 0.3) is 10.6 Å². The molecule has 0 fully saturated rings. The zero-order valence-electron chi connectivity index (χ0n) is 17.5. The van der Waals surface area contributed by atoms with E-state index in [0.29, 0.717) is 10.7 Å². The number of halogens is 1. The minimum Gasteiger partial charge on any atom is -0.336 e. The number of thiazole rings is 1. The summed E-state index contributed by atoms with van der Waals surface area (Å²) in [5.41, 5.74) is 5.47. The molecule has 0 aliphatic heterocycles. The molecule has 0 saturated heterocycles. The highest BCUT2D eigenvalue weighted by Gasteiger charge is 2.17. The summed E-state index contributed by atoms with van der Waals surface area (Å²) < 4.78 is 0. The molecule has 3 aromatic rings. The van der Waals surface area contributed by atoms with E-state index in [0.717, 1.165) is 32.9 Å². The number of carbonyl (C=O) groups is 2. The van der Waals surface area contributed by atoms with Crippen molar-refractivity contribution in [1.82, 2.24) is 9.88 Å². The number of nitrogens with zero attached hydrogens (tertiary/aromatic N) is 2. The van der Waals surface area contributed by atoms with Crippen LogP contribution in [0.4, 0.5) is 5.69 Å². The van der Waals surface area contributed by atoms with Crippen LogP contribution in [-0.2, 0) is 16.0 Å². The molecule has 5 nitrogen and oxygen atoms in total. The van der Waals surface area contributed by atoms with Crippen molar-refractivity contribution in [3.8, 4) is 10.6 Å². The molecule has 30 heavy (non-hydrogen) atoms. The zero-order valence-corrected chi connectivity index (χ0v) is 19.0. The van der Waals surface area contributed by atoms with Crippen LogP contribution in [0.1, 0.15) is 22.4 Å². The minimum absolute atomic E-state index is 0.0207. The van der Waals surface area contributed by atoms with Gasteiger partial charge in [-0.3, -0.25) is 9.59 Å². The van der Waals surface area contributed by atoms with E-state index in [4.69, 9.17) is 11.6 Å². The smallest absolute Gasteiger partial charge is 0.243 e. The van der Waals surface area contributed by atoms with Gasteiger partial charge in [-0.15, -0.1) is 11.3 Å². The number of amides is 2. The van der Waals surface area contributed by atoms with Gasteiger partial charge in [0.1, 0.15) is 5.01 Å². The molecule has 0 aliphatic carbocycles. The van der Waals surface area contributed by atoms with Crippen molar-refractivity contribution in [2.75, 3.05) is 18.9 Å². The highest BCUT2D eigenvalue weighted by Crippen LogP contribution is 2.30. The number of carbonyl (C=O) groups excluding carboxylic acids is 2. The number of benzene rings is 2. The van der Waals surface area contributed by atoms with Gasteiger partial charge in [-0.05, 0) is 38.0 Å². The first kappa shape index (κ1) is 22.0. The van der Waals surface area contributed by atoms with Gasteiger partial charge in [0, 0.05) is 23.7 Å². The van der Waals surface area contributed by atoms with E-state index in [1.54, 1.807) is 7.05 Å². The van der Waals surface area contributed by atoms with Crippen LogP contribution in [0, 0.1) is 20.8 Å². The molecule has 0 radical (unpaired) electrons. The predicted molar refractivity (Wildman–Crippen MR) is 123 cm³/mol. The third-order valence-electron chi connectivity index (χ3n) is 4.74. The number of aromatic nitrogens is 1. The highest BCUT2D eigenvalue weighted by atomic mass is 35.5. The van der Waals surface area contributed by atoms with Crippen LogP contribution in [0.15, 0.2) is 41.8 Å². The van der Waals surface area contributed by atoms with Gasteiger partial charge in [-0.1, -0.05) is 47.5 Å². The molecule has 2 aromatic carbocycles. The SMILES string of the molecule is Cc1cc(C)c(NC(=O)CN(C)C(=O)Cc2csc(-c3ccccc3Cl)n2)c(C)c1. The summed E-state index contributed by atoms with van der Waals surface area (Å²) in [6.45, 7) is 5.92. The summed E-state index contributed by atoms with van der Waals surface area (Å²) in [7, 11) is 1.62.